The summed E-state index contributed by atoms with van der Waals surface area (Å²) in [6.45, 7) is -4.35. The van der Waals surface area contributed by atoms with E-state index in [4.69, 9.17) is 5.11 Å². The molecule has 0 rings (SSSR count). The Morgan fingerprint density at radius 2 is 2.00 bits per heavy atom. The quantitative estimate of drug-likeness (QED) is 0.475. The van der Waals surface area contributed by atoms with E-state index in [2.05, 4.69) is 14.7 Å². The van der Waals surface area contributed by atoms with Crippen molar-refractivity contribution in [1.29, 1.82) is 0 Å². The zero-order valence-corrected chi connectivity index (χ0v) is 12.1. The number of nitrogens with one attached hydrogen (secondary N) is 2. The average Bonchev–Trinajstić information content (AvgIpc) is 2.25. The van der Waals surface area contributed by atoms with Gasteiger partial charge in [0.05, 0.1) is 0 Å². The normalized spacial score (nSPS) is 13.7. The molecule has 1 amide bonds. The van der Waals surface area contributed by atoms with Gasteiger partial charge in [-0.3, -0.25) is 0 Å². The van der Waals surface area contributed by atoms with E-state index in [0.717, 1.165) is 6.92 Å². The number of hydrogen-bond acceptors (Lipinski definition) is 6. The standard InChI is InChI=1S/C6H13N2O6P3/c1-4(10)17(15,6(12)13,14-3-9)5(11)8-16-7-2/h3,7,16H,15H2,1-2H3,(H,8,11)(H,12,13). The number of carboxylic acid groups (broad SMARTS) is 1. The van der Waals surface area contributed by atoms with Crippen LogP contribution < -0.4 is 10.2 Å². The number of carbonyl (C=O) groups excluding carboxylic acids is 3. The topological polar surface area (TPSA) is 122 Å². The van der Waals surface area contributed by atoms with Crippen molar-refractivity contribution in [2.24, 2.45) is 0 Å². The van der Waals surface area contributed by atoms with E-state index >= 15 is 0 Å². The Morgan fingerprint density at radius 1 is 1.47 bits per heavy atom. The molecule has 0 heterocycles. The molecule has 0 saturated carbocycles. The molecule has 0 spiro atoms. The van der Waals surface area contributed by atoms with E-state index in [1.165, 1.54) is 7.05 Å². The summed E-state index contributed by atoms with van der Waals surface area (Å²) in [6.07, 6.45) is 0. The molecule has 0 saturated heterocycles. The van der Waals surface area contributed by atoms with Crippen LogP contribution in [-0.2, 0) is 14.1 Å². The zero-order valence-electron chi connectivity index (χ0n) is 9.09. The van der Waals surface area contributed by atoms with Gasteiger partial charge in [-0.2, -0.15) is 0 Å². The first kappa shape index (κ1) is 16.3. The van der Waals surface area contributed by atoms with Crippen molar-refractivity contribution in [3.63, 3.8) is 0 Å². The second kappa shape index (κ2) is 5.78. The van der Waals surface area contributed by atoms with Gasteiger partial charge in [-0.1, -0.05) is 0 Å². The fourth-order valence-electron chi connectivity index (χ4n) is 0.848. The molecule has 2 atom stereocenters. The molecule has 3 N–H and O–H groups in total. The summed E-state index contributed by atoms with van der Waals surface area (Å²) in [5, 5.41) is 13.9. The summed E-state index contributed by atoms with van der Waals surface area (Å²) < 4.78 is 4.43. The molecule has 0 fully saturated rings. The Labute approximate surface area is 101 Å². The monoisotopic (exact) mass is 302 g/mol. The Balaban J connectivity index is 5.65. The second-order valence-corrected chi connectivity index (χ2v) is 10.7. The molecule has 17 heavy (non-hydrogen) atoms. The number of rotatable bonds is 7. The number of carbonyl (C=O) groups is 4. The number of amides is 1. The van der Waals surface area contributed by atoms with Crippen LogP contribution in [0.25, 0.3) is 0 Å². The fourth-order valence-corrected chi connectivity index (χ4v) is 4.11. The van der Waals surface area contributed by atoms with Crippen LogP contribution in [0.4, 0.5) is 9.59 Å². The first-order chi connectivity index (χ1) is 7.75. The van der Waals surface area contributed by atoms with Crippen molar-refractivity contribution in [2.75, 3.05) is 7.05 Å². The molecular weight excluding hydrogens is 289 g/mol. The van der Waals surface area contributed by atoms with Crippen LogP contribution >= 0.6 is 24.3 Å². The summed E-state index contributed by atoms with van der Waals surface area (Å²) in [4.78, 5) is 45.0. The third kappa shape index (κ3) is 2.61. The molecule has 8 nitrogen and oxygen atoms in total. The predicted molar refractivity (Wildman–Crippen MR) is 68.4 cm³/mol. The predicted octanol–water partition coefficient (Wildman–Crippen LogP) is 1.08. The van der Waals surface area contributed by atoms with Crippen LogP contribution in [0.15, 0.2) is 0 Å². The zero-order chi connectivity index (χ0) is 13.7. The van der Waals surface area contributed by atoms with Gasteiger partial charge in [0, 0.05) is 0 Å². The third-order valence-electron chi connectivity index (χ3n) is 1.96. The van der Waals surface area contributed by atoms with Gasteiger partial charge in [-0.15, -0.1) is 0 Å². The Hall–Kier alpha value is -0.670. The van der Waals surface area contributed by atoms with Crippen LogP contribution in [0.5, 0.6) is 0 Å². The third-order valence-corrected chi connectivity index (χ3v) is 9.05. The molecule has 0 aromatic carbocycles. The van der Waals surface area contributed by atoms with E-state index in [0.29, 0.717) is 0 Å². The van der Waals surface area contributed by atoms with Crippen molar-refractivity contribution in [2.45, 2.75) is 6.92 Å². The first-order valence-electron chi connectivity index (χ1n) is 4.17. The van der Waals surface area contributed by atoms with Crippen LogP contribution in [0.2, 0.25) is 0 Å². The van der Waals surface area contributed by atoms with Gasteiger partial charge in [0.25, 0.3) is 0 Å². The van der Waals surface area contributed by atoms with Gasteiger partial charge >= 0.3 is 101 Å². The minimum atomic E-state index is -5.03. The molecule has 0 bridgehead atoms. The van der Waals surface area contributed by atoms with Crippen LogP contribution in [0, 0.1) is 0 Å². The second-order valence-electron chi connectivity index (χ2n) is 2.91. The molecule has 2 unspecified atom stereocenters. The average molecular weight is 302 g/mol. The Bertz CT molecular complexity index is 359. The first-order valence-corrected chi connectivity index (χ1v) is 8.94. The van der Waals surface area contributed by atoms with Gasteiger partial charge < -0.3 is 0 Å². The van der Waals surface area contributed by atoms with Crippen molar-refractivity contribution >= 4 is 47.7 Å². The summed E-state index contributed by atoms with van der Waals surface area (Å²) >= 11 is 0. The van der Waals surface area contributed by atoms with Gasteiger partial charge in [0.2, 0.25) is 0 Å². The molecule has 0 aliphatic rings. The van der Waals surface area contributed by atoms with E-state index < -0.39 is 23.4 Å². The summed E-state index contributed by atoms with van der Waals surface area (Å²) in [5.41, 5.74) is -3.90. The molecule has 11 heteroatoms. The Morgan fingerprint density at radius 3 is 2.29 bits per heavy atom. The van der Waals surface area contributed by atoms with Gasteiger partial charge in [0.1, 0.15) is 0 Å². The van der Waals surface area contributed by atoms with E-state index in [-0.39, 0.29) is 15.4 Å². The fraction of sp³-hybridized carbons (Fsp3) is 0.333. The van der Waals surface area contributed by atoms with Crippen molar-refractivity contribution in [1.82, 2.24) is 10.2 Å². The van der Waals surface area contributed by atoms with Crippen molar-refractivity contribution < 1.29 is 28.8 Å². The summed E-state index contributed by atoms with van der Waals surface area (Å²) in [5.74, 6) is 0. The molecule has 0 aliphatic carbocycles. The molecule has 0 aromatic heterocycles. The Kier molecular flexibility index (Phi) is 5.56. The van der Waals surface area contributed by atoms with Crippen molar-refractivity contribution in [3.05, 3.63) is 0 Å². The SMILES string of the molecule is CNPNC(=O)P(P)(OC=O)(C(C)=O)C(=O)O. The summed E-state index contributed by atoms with van der Waals surface area (Å²) in [6, 6.07) is 0. The van der Waals surface area contributed by atoms with E-state index in [1.54, 1.807) is 8.93 Å². The molecule has 98 valence electrons. The van der Waals surface area contributed by atoms with Gasteiger partial charge in [0.15, 0.2) is 0 Å². The maximum atomic E-state index is 11.8. The summed E-state index contributed by atoms with van der Waals surface area (Å²) in [7, 11) is 2.85. The molecule has 0 aromatic rings. The van der Waals surface area contributed by atoms with E-state index in [1.807, 2.05) is 0 Å². The van der Waals surface area contributed by atoms with Gasteiger partial charge in [-0.05, 0) is 0 Å². The van der Waals surface area contributed by atoms with E-state index in [9.17, 15) is 19.2 Å². The van der Waals surface area contributed by atoms with Gasteiger partial charge in [-0.25, -0.2) is 0 Å². The minimum absolute atomic E-state index is 0.206. The number of hydrogen-bond donors (Lipinski definition) is 3. The van der Waals surface area contributed by atoms with Crippen LogP contribution in [-0.4, -0.2) is 35.5 Å². The molecule has 0 radical (unpaired) electrons. The maximum absolute atomic E-state index is 11.8. The van der Waals surface area contributed by atoms with Crippen LogP contribution in [0.1, 0.15) is 6.92 Å². The van der Waals surface area contributed by atoms with Crippen molar-refractivity contribution in [3.8, 4) is 0 Å². The van der Waals surface area contributed by atoms with Crippen LogP contribution in [0.3, 0.4) is 0 Å². The molecular formula is C6H13N2O6P3. The molecule has 0 aliphatic heterocycles.